The van der Waals surface area contributed by atoms with E-state index < -0.39 is 0 Å². The molecule has 17 heavy (non-hydrogen) atoms. The number of pyridine rings is 1. The number of thioether (sulfide) groups is 1. The van der Waals surface area contributed by atoms with Crippen LogP contribution in [0.4, 0.5) is 5.82 Å². The molecule has 2 aromatic heterocycles. The van der Waals surface area contributed by atoms with Crippen LogP contribution in [0.15, 0.2) is 24.5 Å². The second-order valence-corrected chi connectivity index (χ2v) is 4.79. The van der Waals surface area contributed by atoms with Crippen molar-refractivity contribution in [2.75, 3.05) is 12.4 Å². The lowest BCUT2D eigenvalue weighted by atomic mass is 10.2. The summed E-state index contributed by atoms with van der Waals surface area (Å²) >= 11 is 1.88. The van der Waals surface area contributed by atoms with Gasteiger partial charge in [-0.2, -0.15) is 11.8 Å². The van der Waals surface area contributed by atoms with Gasteiger partial charge in [0.1, 0.15) is 5.82 Å². The van der Waals surface area contributed by atoms with Gasteiger partial charge >= 0.3 is 0 Å². The van der Waals surface area contributed by atoms with E-state index in [0.29, 0.717) is 0 Å². The average molecular weight is 244 g/mol. The van der Waals surface area contributed by atoms with E-state index in [1.54, 1.807) is 12.4 Å². The maximum absolute atomic E-state index is 4.63. The molecule has 5 heteroatoms. The van der Waals surface area contributed by atoms with Crippen LogP contribution in [0, 0.1) is 0 Å². The normalized spacial score (nSPS) is 13.5. The predicted octanol–water partition coefficient (Wildman–Crippen LogP) is 2.33. The summed E-state index contributed by atoms with van der Waals surface area (Å²) in [5.74, 6) is 3.71. The first kappa shape index (κ1) is 10.5. The summed E-state index contributed by atoms with van der Waals surface area (Å²) in [5.41, 5.74) is 3.41. The molecule has 0 radical (unpaired) electrons. The molecule has 0 saturated carbocycles. The van der Waals surface area contributed by atoms with Crippen molar-refractivity contribution >= 4 is 17.6 Å². The van der Waals surface area contributed by atoms with E-state index in [1.165, 1.54) is 5.56 Å². The predicted molar refractivity (Wildman–Crippen MR) is 69.8 cm³/mol. The molecule has 1 N–H and O–H groups in total. The van der Waals surface area contributed by atoms with Gasteiger partial charge < -0.3 is 5.32 Å². The minimum absolute atomic E-state index is 0.776. The zero-order valence-corrected chi connectivity index (χ0v) is 10.3. The van der Waals surface area contributed by atoms with Crippen LogP contribution < -0.4 is 5.32 Å². The maximum Gasteiger partial charge on any atom is 0.161 e. The number of nitrogens with zero attached hydrogens (tertiary/aromatic N) is 3. The second kappa shape index (κ2) is 4.33. The van der Waals surface area contributed by atoms with Crippen molar-refractivity contribution < 1.29 is 0 Å². The summed E-state index contributed by atoms with van der Waals surface area (Å²) in [7, 11) is 1.90. The molecule has 0 spiro atoms. The molecule has 0 atom stereocenters. The van der Waals surface area contributed by atoms with Gasteiger partial charge in [-0.1, -0.05) is 0 Å². The van der Waals surface area contributed by atoms with Crippen molar-refractivity contribution in [3.63, 3.8) is 0 Å². The van der Waals surface area contributed by atoms with Crippen molar-refractivity contribution in [3.8, 4) is 11.4 Å². The Bertz CT molecular complexity index is 542. The van der Waals surface area contributed by atoms with Crippen molar-refractivity contribution in [1.82, 2.24) is 15.0 Å². The Morgan fingerprint density at radius 1 is 1.18 bits per heavy atom. The quantitative estimate of drug-likeness (QED) is 0.878. The third-order valence-electron chi connectivity index (χ3n) is 2.75. The molecule has 3 heterocycles. The van der Waals surface area contributed by atoms with E-state index in [1.807, 2.05) is 30.9 Å². The first-order valence-corrected chi connectivity index (χ1v) is 6.59. The fraction of sp³-hybridized carbons (Fsp3) is 0.250. The minimum Gasteiger partial charge on any atom is -0.373 e. The molecule has 4 nitrogen and oxygen atoms in total. The Balaban J connectivity index is 2.13. The van der Waals surface area contributed by atoms with E-state index in [9.17, 15) is 0 Å². The van der Waals surface area contributed by atoms with E-state index in [-0.39, 0.29) is 0 Å². The van der Waals surface area contributed by atoms with E-state index in [0.717, 1.165) is 34.4 Å². The molecule has 0 aromatic carbocycles. The van der Waals surface area contributed by atoms with Crippen LogP contribution in [-0.4, -0.2) is 22.0 Å². The summed E-state index contributed by atoms with van der Waals surface area (Å²) < 4.78 is 0. The van der Waals surface area contributed by atoms with Gasteiger partial charge in [-0.3, -0.25) is 4.98 Å². The molecule has 0 amide bonds. The molecule has 1 aliphatic heterocycles. The van der Waals surface area contributed by atoms with Crippen molar-refractivity contribution in [3.05, 3.63) is 35.8 Å². The molecule has 0 unspecified atom stereocenters. The van der Waals surface area contributed by atoms with Crippen LogP contribution in [0.5, 0.6) is 0 Å². The van der Waals surface area contributed by atoms with Gasteiger partial charge in [-0.15, -0.1) is 0 Å². The number of rotatable bonds is 2. The van der Waals surface area contributed by atoms with Gasteiger partial charge in [0.25, 0.3) is 0 Å². The highest BCUT2D eigenvalue weighted by Crippen LogP contribution is 2.34. The lowest BCUT2D eigenvalue weighted by Crippen LogP contribution is -2.03. The highest BCUT2D eigenvalue weighted by Gasteiger charge is 2.19. The van der Waals surface area contributed by atoms with Crippen LogP contribution in [0.1, 0.15) is 11.3 Å². The van der Waals surface area contributed by atoms with Gasteiger partial charge in [-0.05, 0) is 12.1 Å². The first-order chi connectivity index (χ1) is 8.38. The Morgan fingerprint density at radius 3 is 2.76 bits per heavy atom. The average Bonchev–Trinajstić information content (AvgIpc) is 2.86. The highest BCUT2D eigenvalue weighted by molar-refractivity contribution is 7.98. The van der Waals surface area contributed by atoms with Gasteiger partial charge in [-0.25, -0.2) is 9.97 Å². The smallest absolute Gasteiger partial charge is 0.161 e. The van der Waals surface area contributed by atoms with Gasteiger partial charge in [0.2, 0.25) is 0 Å². The van der Waals surface area contributed by atoms with Crippen LogP contribution in [-0.2, 0) is 11.5 Å². The second-order valence-electron chi connectivity index (χ2n) is 3.80. The Kier molecular flexibility index (Phi) is 2.68. The third-order valence-corrected chi connectivity index (χ3v) is 3.72. The lowest BCUT2D eigenvalue weighted by molar-refractivity contribution is 1.07. The fourth-order valence-corrected chi connectivity index (χ4v) is 2.93. The number of hydrogen-bond acceptors (Lipinski definition) is 5. The highest BCUT2D eigenvalue weighted by atomic mass is 32.2. The van der Waals surface area contributed by atoms with Crippen LogP contribution >= 0.6 is 11.8 Å². The molecule has 3 rings (SSSR count). The molecular weight excluding hydrogens is 232 g/mol. The fourth-order valence-electron chi connectivity index (χ4n) is 1.89. The Morgan fingerprint density at radius 2 is 2.00 bits per heavy atom. The molecule has 0 bridgehead atoms. The van der Waals surface area contributed by atoms with E-state index in [4.69, 9.17) is 0 Å². The van der Waals surface area contributed by atoms with Crippen LogP contribution in [0.3, 0.4) is 0 Å². The standard InChI is InChI=1S/C12H12N4S/c1-13-12-9-6-17-7-10(9)15-11(16-12)8-2-4-14-5-3-8/h2-5H,6-7H2,1H3,(H,13,15,16). The largest absolute Gasteiger partial charge is 0.373 e. The first-order valence-electron chi connectivity index (χ1n) is 5.44. The molecule has 86 valence electrons. The number of hydrogen-bond donors (Lipinski definition) is 1. The summed E-state index contributed by atoms with van der Waals surface area (Å²) in [6, 6.07) is 3.87. The van der Waals surface area contributed by atoms with Gasteiger partial charge in [0, 0.05) is 42.1 Å². The molecule has 0 fully saturated rings. The van der Waals surface area contributed by atoms with Crippen molar-refractivity contribution in [1.29, 1.82) is 0 Å². The Hall–Kier alpha value is -1.62. The Labute approximate surface area is 104 Å². The zero-order chi connectivity index (χ0) is 11.7. The SMILES string of the molecule is CNc1nc(-c2ccncc2)nc2c1CSC2. The number of fused-ring (bicyclic) bond motifs is 1. The maximum atomic E-state index is 4.63. The van der Waals surface area contributed by atoms with Crippen molar-refractivity contribution in [2.45, 2.75) is 11.5 Å². The van der Waals surface area contributed by atoms with Crippen LogP contribution in [0.25, 0.3) is 11.4 Å². The molecule has 0 aliphatic carbocycles. The number of nitrogens with one attached hydrogen (secondary N) is 1. The third kappa shape index (κ3) is 1.86. The summed E-state index contributed by atoms with van der Waals surface area (Å²) in [6.07, 6.45) is 3.53. The van der Waals surface area contributed by atoms with E-state index in [2.05, 4.69) is 20.3 Å². The summed E-state index contributed by atoms with van der Waals surface area (Å²) in [4.78, 5) is 13.2. The monoisotopic (exact) mass is 244 g/mol. The minimum atomic E-state index is 0.776. The number of anilines is 1. The van der Waals surface area contributed by atoms with Crippen LogP contribution in [0.2, 0.25) is 0 Å². The zero-order valence-electron chi connectivity index (χ0n) is 9.47. The molecule has 2 aromatic rings. The molecular formula is C12H12N4S. The summed E-state index contributed by atoms with van der Waals surface area (Å²) in [5, 5.41) is 3.16. The van der Waals surface area contributed by atoms with Gasteiger partial charge in [0.05, 0.1) is 5.69 Å². The van der Waals surface area contributed by atoms with E-state index >= 15 is 0 Å². The number of aromatic nitrogens is 3. The summed E-state index contributed by atoms with van der Waals surface area (Å²) in [6.45, 7) is 0. The topological polar surface area (TPSA) is 50.7 Å². The molecule has 1 aliphatic rings. The molecule has 0 saturated heterocycles. The van der Waals surface area contributed by atoms with Crippen molar-refractivity contribution in [2.24, 2.45) is 0 Å². The lowest BCUT2D eigenvalue weighted by Gasteiger charge is -2.08. The van der Waals surface area contributed by atoms with Gasteiger partial charge in [0.15, 0.2) is 5.82 Å².